The molecule has 0 saturated carbocycles. The third-order valence-electron chi connectivity index (χ3n) is 4.42. The largest absolute Gasteiger partial charge is 0.591 e. The van der Waals surface area contributed by atoms with E-state index in [1.807, 2.05) is 45.0 Å². The van der Waals surface area contributed by atoms with Crippen LogP contribution in [-0.4, -0.2) is 49.8 Å². The van der Waals surface area contributed by atoms with E-state index in [2.05, 4.69) is 4.40 Å². The summed E-state index contributed by atoms with van der Waals surface area (Å²) in [5.74, 6) is 0.728. The first-order valence-electron chi connectivity index (χ1n) is 8.00. The summed E-state index contributed by atoms with van der Waals surface area (Å²) < 4.78 is 22.9. The minimum Gasteiger partial charge on any atom is -0.591 e. The second-order valence-electron chi connectivity index (χ2n) is 7.16. The maximum atomic E-state index is 12.6. The first kappa shape index (κ1) is 17.1. The third-order valence-corrected chi connectivity index (χ3v) is 5.81. The Bertz CT molecular complexity index is 675. The van der Waals surface area contributed by atoms with Crippen molar-refractivity contribution in [1.29, 1.82) is 0 Å². The molecular weight excluding hydrogens is 328 g/mol. The smallest absolute Gasteiger partial charge is 0.407 e. The zero-order valence-corrected chi connectivity index (χ0v) is 14.9. The van der Waals surface area contributed by atoms with Crippen molar-refractivity contribution >= 4 is 23.2 Å². The Morgan fingerprint density at radius 2 is 1.96 bits per heavy atom. The fourth-order valence-corrected chi connectivity index (χ4v) is 3.71. The monoisotopic (exact) mass is 350 g/mol. The second-order valence-corrected chi connectivity index (χ2v) is 9.07. The lowest BCUT2D eigenvalue weighted by molar-refractivity contribution is 0.0628. The molecule has 7 heteroatoms. The Kier molecular flexibility index (Phi) is 4.25. The number of hydrogen-bond acceptors (Lipinski definition) is 4. The highest BCUT2D eigenvalue weighted by Crippen LogP contribution is 2.42. The van der Waals surface area contributed by atoms with E-state index in [1.165, 1.54) is 4.90 Å². The van der Waals surface area contributed by atoms with Crippen molar-refractivity contribution in [2.75, 3.05) is 13.1 Å². The van der Waals surface area contributed by atoms with Crippen LogP contribution in [0.2, 0.25) is 0 Å². The van der Waals surface area contributed by atoms with E-state index >= 15 is 0 Å². The summed E-state index contributed by atoms with van der Waals surface area (Å²) in [6.07, 6.45) is 0.0968. The van der Waals surface area contributed by atoms with E-state index in [0.29, 0.717) is 31.6 Å². The van der Waals surface area contributed by atoms with E-state index in [-0.39, 0.29) is 0 Å². The predicted molar refractivity (Wildman–Crippen MR) is 93.1 cm³/mol. The van der Waals surface area contributed by atoms with Crippen LogP contribution in [0.4, 0.5) is 4.79 Å². The number of benzene rings is 1. The number of carbonyl (C=O) groups is 1. The van der Waals surface area contributed by atoms with Gasteiger partial charge in [0, 0.05) is 31.5 Å². The first-order valence-corrected chi connectivity index (χ1v) is 9.11. The minimum atomic E-state index is -1.40. The fourth-order valence-electron chi connectivity index (χ4n) is 3.01. The van der Waals surface area contributed by atoms with Crippen molar-refractivity contribution < 1.29 is 19.2 Å². The Labute approximate surface area is 144 Å². The average Bonchev–Trinajstić information content (AvgIpc) is 2.80. The molecule has 0 bridgehead atoms. The maximum Gasteiger partial charge on any atom is 0.407 e. The molecule has 24 heavy (non-hydrogen) atoms. The molecule has 0 aliphatic carbocycles. The van der Waals surface area contributed by atoms with Crippen LogP contribution < -0.4 is 4.74 Å². The fraction of sp³-hybridized carbons (Fsp3) is 0.529. The Morgan fingerprint density at radius 1 is 1.33 bits per heavy atom. The van der Waals surface area contributed by atoms with Gasteiger partial charge in [-0.2, -0.15) is 0 Å². The summed E-state index contributed by atoms with van der Waals surface area (Å²) in [7, 11) is 0. The normalized spacial score (nSPS) is 22.3. The molecule has 1 fully saturated rings. The molecule has 0 aromatic heterocycles. The van der Waals surface area contributed by atoms with Crippen LogP contribution in [0.1, 0.15) is 39.2 Å². The van der Waals surface area contributed by atoms with Crippen molar-refractivity contribution in [3.05, 3.63) is 29.8 Å². The van der Waals surface area contributed by atoms with E-state index in [0.717, 1.165) is 11.3 Å². The van der Waals surface area contributed by atoms with Gasteiger partial charge in [-0.3, -0.25) is 0 Å². The van der Waals surface area contributed by atoms with Crippen LogP contribution in [0.5, 0.6) is 5.75 Å². The molecule has 130 valence electrons. The molecule has 1 aromatic carbocycles. The topological polar surface area (TPSA) is 85.2 Å². The second kappa shape index (κ2) is 5.97. The predicted octanol–water partition coefficient (Wildman–Crippen LogP) is 2.84. The molecule has 1 atom stereocenters. The Morgan fingerprint density at radius 3 is 2.54 bits per heavy atom. The standard InChI is InChI=1S/C17H22N2O4S/c1-16(2,3)24(22)18-14-12-6-4-5-7-13(12)23-17(14)8-10-19(11-9-17)15(20)21/h4-7H,8-11H2,1-3H3,(H,20,21)/b18-14-. The zero-order valence-electron chi connectivity index (χ0n) is 14.1. The molecule has 2 aliphatic heterocycles. The number of para-hydroxylation sites is 1. The summed E-state index contributed by atoms with van der Waals surface area (Å²) in [6, 6.07) is 7.60. The summed E-state index contributed by atoms with van der Waals surface area (Å²) in [5, 5.41) is 9.17. The van der Waals surface area contributed by atoms with Gasteiger partial charge in [0.2, 0.25) is 0 Å². The number of nitrogens with zero attached hydrogens (tertiary/aromatic N) is 2. The molecule has 3 rings (SSSR count). The van der Waals surface area contributed by atoms with Gasteiger partial charge in [0.05, 0.1) is 0 Å². The summed E-state index contributed by atoms with van der Waals surface area (Å²) in [6.45, 7) is 6.41. The quantitative estimate of drug-likeness (QED) is 0.789. The number of rotatable bonds is 1. The number of carboxylic acid groups (broad SMARTS) is 1. The van der Waals surface area contributed by atoms with Gasteiger partial charge in [0.1, 0.15) is 27.6 Å². The SMILES string of the molecule is CC(C)(C)[S+]([O-])/N=C1/c2ccccc2OC12CCN(C(=O)O)CC2. The van der Waals surface area contributed by atoms with Gasteiger partial charge < -0.3 is 19.3 Å². The molecule has 6 nitrogen and oxygen atoms in total. The molecule has 0 radical (unpaired) electrons. The third kappa shape index (κ3) is 2.98. The highest BCUT2D eigenvalue weighted by atomic mass is 32.2. The van der Waals surface area contributed by atoms with Crippen molar-refractivity contribution in [1.82, 2.24) is 4.90 Å². The molecule has 1 N–H and O–H groups in total. The van der Waals surface area contributed by atoms with Gasteiger partial charge >= 0.3 is 6.09 Å². The number of ether oxygens (including phenoxy) is 1. The van der Waals surface area contributed by atoms with Crippen LogP contribution in [0.25, 0.3) is 0 Å². The molecule has 2 aliphatic rings. The Hall–Kier alpha value is -1.73. The van der Waals surface area contributed by atoms with Crippen LogP contribution in [-0.2, 0) is 11.4 Å². The highest BCUT2D eigenvalue weighted by molar-refractivity contribution is 7.91. The van der Waals surface area contributed by atoms with Crippen LogP contribution in [0.3, 0.4) is 0 Å². The van der Waals surface area contributed by atoms with Crippen LogP contribution in [0.15, 0.2) is 28.7 Å². The Balaban J connectivity index is 1.98. The van der Waals surface area contributed by atoms with E-state index in [4.69, 9.17) is 9.84 Å². The van der Waals surface area contributed by atoms with Crippen molar-refractivity contribution in [2.24, 2.45) is 4.40 Å². The van der Waals surface area contributed by atoms with Gasteiger partial charge in [-0.05, 0) is 32.9 Å². The van der Waals surface area contributed by atoms with Gasteiger partial charge in [-0.25, -0.2) is 4.79 Å². The number of piperidine rings is 1. The lowest BCUT2D eigenvalue weighted by Crippen LogP contribution is -2.52. The number of fused-ring (bicyclic) bond motifs is 1. The summed E-state index contributed by atoms with van der Waals surface area (Å²) in [5.41, 5.74) is 0.867. The lowest BCUT2D eigenvalue weighted by atomic mass is 9.85. The highest BCUT2D eigenvalue weighted by Gasteiger charge is 2.50. The molecule has 1 amide bonds. The summed E-state index contributed by atoms with van der Waals surface area (Å²) >= 11 is -1.40. The van der Waals surface area contributed by atoms with E-state index in [9.17, 15) is 9.35 Å². The van der Waals surface area contributed by atoms with Crippen LogP contribution >= 0.6 is 0 Å². The molecule has 2 heterocycles. The van der Waals surface area contributed by atoms with E-state index < -0.39 is 27.8 Å². The number of amides is 1. The molecule has 1 spiro atoms. The van der Waals surface area contributed by atoms with Crippen molar-refractivity contribution in [2.45, 2.75) is 44.0 Å². The van der Waals surface area contributed by atoms with E-state index in [1.54, 1.807) is 0 Å². The van der Waals surface area contributed by atoms with Gasteiger partial charge in [0.15, 0.2) is 5.60 Å². The van der Waals surface area contributed by atoms with Gasteiger partial charge in [-0.15, -0.1) is 0 Å². The molecular formula is C17H22N2O4S. The number of hydrogen-bond donors (Lipinski definition) is 1. The molecule has 1 saturated heterocycles. The zero-order chi connectivity index (χ0) is 17.5. The van der Waals surface area contributed by atoms with Gasteiger partial charge in [0.25, 0.3) is 0 Å². The first-order chi connectivity index (χ1) is 11.2. The maximum absolute atomic E-state index is 12.6. The van der Waals surface area contributed by atoms with Gasteiger partial charge in [-0.1, -0.05) is 16.5 Å². The van der Waals surface area contributed by atoms with Crippen molar-refractivity contribution in [3.63, 3.8) is 0 Å². The van der Waals surface area contributed by atoms with Crippen LogP contribution in [0, 0.1) is 0 Å². The number of likely N-dealkylation sites (tertiary alicyclic amines) is 1. The molecule has 1 unspecified atom stereocenters. The average molecular weight is 350 g/mol. The summed E-state index contributed by atoms with van der Waals surface area (Å²) in [4.78, 5) is 12.6. The minimum absolute atomic E-state index is 0.379. The molecule has 1 aromatic rings. The lowest BCUT2D eigenvalue weighted by Gasteiger charge is -2.37. The van der Waals surface area contributed by atoms with Crippen molar-refractivity contribution in [3.8, 4) is 5.75 Å².